The highest BCUT2D eigenvalue weighted by atomic mass is 35.5. The van der Waals surface area contributed by atoms with E-state index in [4.69, 9.17) is 11.6 Å². The lowest BCUT2D eigenvalue weighted by atomic mass is 10.0. The van der Waals surface area contributed by atoms with E-state index < -0.39 is 0 Å². The summed E-state index contributed by atoms with van der Waals surface area (Å²) in [7, 11) is 0. The van der Waals surface area contributed by atoms with Crippen molar-refractivity contribution in [2.24, 2.45) is 5.92 Å². The van der Waals surface area contributed by atoms with Crippen LogP contribution < -0.4 is 5.32 Å². The van der Waals surface area contributed by atoms with Crippen LogP contribution >= 0.6 is 11.6 Å². The van der Waals surface area contributed by atoms with Crippen LogP contribution in [-0.2, 0) is 0 Å². The third-order valence-corrected chi connectivity index (χ3v) is 2.83. The first-order valence-corrected chi connectivity index (χ1v) is 5.73. The topological polar surface area (TPSA) is 12.0 Å². The second-order valence-corrected chi connectivity index (χ2v) is 4.16. The minimum Gasteiger partial charge on any atom is -0.385 e. The van der Waals surface area contributed by atoms with E-state index in [1.54, 1.807) is 6.07 Å². The van der Waals surface area contributed by atoms with Crippen molar-refractivity contribution in [3.05, 3.63) is 29.0 Å². The highest BCUT2D eigenvalue weighted by Gasteiger charge is 2.04. The van der Waals surface area contributed by atoms with Gasteiger partial charge >= 0.3 is 0 Å². The molecule has 84 valence electrons. The van der Waals surface area contributed by atoms with E-state index in [1.165, 1.54) is 12.1 Å². The summed E-state index contributed by atoms with van der Waals surface area (Å²) < 4.78 is 13.0. The number of hydrogen-bond acceptors (Lipinski definition) is 1. The Labute approximate surface area is 95.6 Å². The number of halogens is 2. The fourth-order valence-corrected chi connectivity index (χ4v) is 1.72. The molecule has 0 unspecified atom stereocenters. The molecule has 0 aromatic heterocycles. The van der Waals surface area contributed by atoms with Crippen LogP contribution in [0.5, 0.6) is 0 Å². The zero-order valence-corrected chi connectivity index (χ0v) is 9.94. The normalized spacial score (nSPS) is 10.7. The minimum atomic E-state index is -0.297. The molecule has 0 saturated heterocycles. The Morgan fingerprint density at radius 2 is 1.93 bits per heavy atom. The molecule has 0 fully saturated rings. The van der Waals surface area contributed by atoms with Crippen LogP contribution in [0.25, 0.3) is 0 Å². The van der Waals surface area contributed by atoms with E-state index in [-0.39, 0.29) is 5.82 Å². The summed E-state index contributed by atoms with van der Waals surface area (Å²) in [6, 6.07) is 4.52. The maximum absolute atomic E-state index is 13.0. The second kappa shape index (κ2) is 5.96. The van der Waals surface area contributed by atoms with Gasteiger partial charge in [-0.25, -0.2) is 4.39 Å². The molecule has 1 aromatic carbocycles. The highest BCUT2D eigenvalue weighted by Crippen LogP contribution is 2.19. The second-order valence-electron chi connectivity index (χ2n) is 3.72. The van der Waals surface area contributed by atoms with Gasteiger partial charge in [0.05, 0.1) is 0 Å². The van der Waals surface area contributed by atoms with E-state index in [0.29, 0.717) is 10.9 Å². The van der Waals surface area contributed by atoms with Crippen molar-refractivity contribution in [3.8, 4) is 0 Å². The fourth-order valence-electron chi connectivity index (χ4n) is 1.50. The summed E-state index contributed by atoms with van der Waals surface area (Å²) in [5.41, 5.74) is 0.756. The third-order valence-electron chi connectivity index (χ3n) is 2.61. The van der Waals surface area contributed by atoms with Gasteiger partial charge in [-0.1, -0.05) is 38.3 Å². The van der Waals surface area contributed by atoms with Crippen LogP contribution in [0.2, 0.25) is 5.02 Å². The zero-order chi connectivity index (χ0) is 11.3. The monoisotopic (exact) mass is 229 g/mol. The maximum atomic E-state index is 13.0. The first-order valence-electron chi connectivity index (χ1n) is 5.35. The lowest BCUT2D eigenvalue weighted by Gasteiger charge is -2.14. The molecule has 0 spiro atoms. The van der Waals surface area contributed by atoms with Gasteiger partial charge in [-0.05, 0) is 24.1 Å². The first-order chi connectivity index (χ1) is 7.15. The highest BCUT2D eigenvalue weighted by molar-refractivity contribution is 6.30. The molecule has 0 aliphatic carbocycles. The average Bonchev–Trinajstić information content (AvgIpc) is 2.18. The van der Waals surface area contributed by atoms with Crippen LogP contribution in [0.3, 0.4) is 0 Å². The summed E-state index contributed by atoms with van der Waals surface area (Å²) in [4.78, 5) is 0. The van der Waals surface area contributed by atoms with Crippen molar-refractivity contribution in [3.63, 3.8) is 0 Å². The van der Waals surface area contributed by atoms with E-state index in [9.17, 15) is 4.39 Å². The number of anilines is 1. The maximum Gasteiger partial charge on any atom is 0.126 e. The predicted octanol–water partition coefficient (Wildman–Crippen LogP) is 4.33. The number of rotatable bonds is 5. The molecule has 1 aromatic rings. The first kappa shape index (κ1) is 12.3. The number of nitrogens with one attached hydrogen (secondary N) is 1. The Bertz CT molecular complexity index is 290. The Morgan fingerprint density at radius 1 is 1.27 bits per heavy atom. The van der Waals surface area contributed by atoms with Gasteiger partial charge in [0.1, 0.15) is 5.82 Å². The van der Waals surface area contributed by atoms with Gasteiger partial charge in [0, 0.05) is 17.3 Å². The largest absolute Gasteiger partial charge is 0.385 e. The van der Waals surface area contributed by atoms with E-state index in [1.807, 2.05) is 0 Å². The SMILES string of the molecule is CCC(CC)CNc1cc(F)cc(Cl)c1. The molecule has 0 atom stereocenters. The molecule has 3 heteroatoms. The summed E-state index contributed by atoms with van der Waals surface area (Å²) in [6.45, 7) is 5.19. The van der Waals surface area contributed by atoms with Gasteiger partial charge in [0.25, 0.3) is 0 Å². The molecular weight excluding hydrogens is 213 g/mol. The van der Waals surface area contributed by atoms with Crippen molar-refractivity contribution in [2.45, 2.75) is 26.7 Å². The van der Waals surface area contributed by atoms with Gasteiger partial charge in [0.15, 0.2) is 0 Å². The molecule has 0 amide bonds. The van der Waals surface area contributed by atoms with Crippen molar-refractivity contribution in [1.29, 1.82) is 0 Å². The number of benzene rings is 1. The van der Waals surface area contributed by atoms with Crippen molar-refractivity contribution >= 4 is 17.3 Å². The van der Waals surface area contributed by atoms with Crippen LogP contribution in [0.1, 0.15) is 26.7 Å². The van der Waals surface area contributed by atoms with Crippen LogP contribution in [0.4, 0.5) is 10.1 Å². The van der Waals surface area contributed by atoms with Crippen LogP contribution in [0.15, 0.2) is 18.2 Å². The molecule has 15 heavy (non-hydrogen) atoms. The Kier molecular flexibility index (Phi) is 4.89. The Morgan fingerprint density at radius 3 is 2.47 bits per heavy atom. The molecule has 0 heterocycles. The van der Waals surface area contributed by atoms with Gasteiger partial charge in [-0.15, -0.1) is 0 Å². The van der Waals surface area contributed by atoms with Gasteiger partial charge in [0.2, 0.25) is 0 Å². The average molecular weight is 230 g/mol. The summed E-state index contributed by atoms with van der Waals surface area (Å²) in [5.74, 6) is 0.335. The van der Waals surface area contributed by atoms with Crippen molar-refractivity contribution in [2.75, 3.05) is 11.9 Å². The Balaban J connectivity index is 2.57. The van der Waals surface area contributed by atoms with E-state index >= 15 is 0 Å². The fraction of sp³-hybridized carbons (Fsp3) is 0.500. The molecule has 1 N–H and O–H groups in total. The quantitative estimate of drug-likeness (QED) is 0.793. The zero-order valence-electron chi connectivity index (χ0n) is 9.19. The standard InChI is InChI=1S/C12H17ClFN/c1-3-9(4-2)8-15-12-6-10(13)5-11(14)7-12/h5-7,9,15H,3-4,8H2,1-2H3. The molecule has 0 aliphatic rings. The summed E-state index contributed by atoms with van der Waals surface area (Å²) >= 11 is 5.75. The lowest BCUT2D eigenvalue weighted by Crippen LogP contribution is -2.12. The van der Waals surface area contributed by atoms with Gasteiger partial charge in [-0.2, -0.15) is 0 Å². The van der Waals surface area contributed by atoms with Gasteiger partial charge < -0.3 is 5.32 Å². The molecule has 1 rings (SSSR count). The molecule has 0 radical (unpaired) electrons. The molecule has 0 aliphatic heterocycles. The summed E-state index contributed by atoms with van der Waals surface area (Å²) in [5, 5.41) is 3.64. The van der Waals surface area contributed by atoms with Crippen LogP contribution in [-0.4, -0.2) is 6.54 Å². The smallest absolute Gasteiger partial charge is 0.126 e. The Hall–Kier alpha value is -0.760. The number of hydrogen-bond donors (Lipinski definition) is 1. The molecule has 0 bridgehead atoms. The van der Waals surface area contributed by atoms with Gasteiger partial charge in [-0.3, -0.25) is 0 Å². The minimum absolute atomic E-state index is 0.297. The lowest BCUT2D eigenvalue weighted by molar-refractivity contribution is 0.519. The molecule has 0 saturated carbocycles. The predicted molar refractivity (Wildman–Crippen MR) is 64.0 cm³/mol. The van der Waals surface area contributed by atoms with E-state index in [0.717, 1.165) is 25.1 Å². The van der Waals surface area contributed by atoms with Crippen molar-refractivity contribution < 1.29 is 4.39 Å². The summed E-state index contributed by atoms with van der Waals surface area (Å²) in [6.07, 6.45) is 2.26. The third kappa shape index (κ3) is 4.08. The molecule has 1 nitrogen and oxygen atoms in total. The molecular formula is C12H17ClFN. The van der Waals surface area contributed by atoms with Crippen LogP contribution in [0, 0.1) is 11.7 Å². The van der Waals surface area contributed by atoms with E-state index in [2.05, 4.69) is 19.2 Å². The van der Waals surface area contributed by atoms with Crippen molar-refractivity contribution in [1.82, 2.24) is 0 Å².